The number of carbonyl (C=O) groups is 1. The minimum absolute atomic E-state index is 0.0733. The molecule has 10 heteroatoms. The SMILES string of the molecule is Nc1nc(-n2nccn2)c(Cl)nc1C(=O)N[C@H](CO)c1ccccc1. The number of anilines is 1. The number of nitrogens with zero attached hydrogens (tertiary/aromatic N) is 5. The molecule has 1 atom stereocenters. The van der Waals surface area contributed by atoms with Crippen molar-refractivity contribution in [1.82, 2.24) is 30.3 Å². The van der Waals surface area contributed by atoms with Crippen molar-refractivity contribution in [2.75, 3.05) is 12.3 Å². The maximum absolute atomic E-state index is 12.5. The topological polar surface area (TPSA) is 132 Å². The van der Waals surface area contributed by atoms with Crippen molar-refractivity contribution in [1.29, 1.82) is 0 Å². The number of nitrogen functional groups attached to an aromatic ring is 1. The van der Waals surface area contributed by atoms with E-state index in [1.807, 2.05) is 6.07 Å². The molecule has 2 aromatic heterocycles. The van der Waals surface area contributed by atoms with Crippen LogP contribution >= 0.6 is 11.6 Å². The maximum atomic E-state index is 12.5. The highest BCUT2D eigenvalue weighted by molar-refractivity contribution is 6.31. The number of halogens is 1. The Morgan fingerprint density at radius 2 is 1.92 bits per heavy atom. The van der Waals surface area contributed by atoms with Crippen LogP contribution in [0.15, 0.2) is 42.7 Å². The van der Waals surface area contributed by atoms with Crippen LogP contribution in [0.4, 0.5) is 5.82 Å². The summed E-state index contributed by atoms with van der Waals surface area (Å²) in [6, 6.07) is 8.42. The summed E-state index contributed by atoms with van der Waals surface area (Å²) >= 11 is 6.06. The Kier molecular flexibility index (Phi) is 4.87. The Morgan fingerprint density at radius 1 is 1.24 bits per heavy atom. The minimum atomic E-state index is -0.610. The number of rotatable bonds is 5. The number of aliphatic hydroxyl groups is 1. The summed E-state index contributed by atoms with van der Waals surface area (Å²) in [7, 11) is 0. The highest BCUT2D eigenvalue weighted by atomic mass is 35.5. The summed E-state index contributed by atoms with van der Waals surface area (Å²) in [5, 5.41) is 19.9. The minimum Gasteiger partial charge on any atom is -0.394 e. The van der Waals surface area contributed by atoms with Crippen LogP contribution in [-0.2, 0) is 0 Å². The van der Waals surface area contributed by atoms with Gasteiger partial charge in [-0.3, -0.25) is 4.79 Å². The summed E-state index contributed by atoms with van der Waals surface area (Å²) in [6.45, 7) is -0.286. The van der Waals surface area contributed by atoms with Crippen LogP contribution in [0.1, 0.15) is 22.1 Å². The summed E-state index contributed by atoms with van der Waals surface area (Å²) in [4.78, 5) is 21.6. The van der Waals surface area contributed by atoms with Gasteiger partial charge in [0.2, 0.25) is 5.82 Å². The molecule has 0 aliphatic rings. The van der Waals surface area contributed by atoms with Gasteiger partial charge in [-0.05, 0) is 5.56 Å². The van der Waals surface area contributed by atoms with Crippen molar-refractivity contribution >= 4 is 23.3 Å². The van der Waals surface area contributed by atoms with Gasteiger partial charge in [0, 0.05) is 0 Å². The second-order valence-electron chi connectivity index (χ2n) is 5.01. The van der Waals surface area contributed by atoms with E-state index < -0.39 is 11.9 Å². The largest absolute Gasteiger partial charge is 0.394 e. The number of nitrogens with one attached hydrogen (secondary N) is 1. The molecular formula is C15H14ClN7O2. The van der Waals surface area contributed by atoms with Gasteiger partial charge in [-0.15, -0.1) is 4.80 Å². The number of amides is 1. The summed E-state index contributed by atoms with van der Waals surface area (Å²) in [5.74, 6) is -0.615. The fraction of sp³-hybridized carbons (Fsp3) is 0.133. The van der Waals surface area contributed by atoms with Crippen molar-refractivity contribution in [3.8, 4) is 5.82 Å². The van der Waals surface area contributed by atoms with Gasteiger partial charge in [-0.2, -0.15) is 10.2 Å². The quantitative estimate of drug-likeness (QED) is 0.612. The lowest BCUT2D eigenvalue weighted by Gasteiger charge is -2.17. The van der Waals surface area contributed by atoms with Gasteiger partial charge >= 0.3 is 0 Å². The number of hydrogen-bond donors (Lipinski definition) is 3. The summed E-state index contributed by atoms with van der Waals surface area (Å²) < 4.78 is 0. The third-order valence-corrected chi connectivity index (χ3v) is 3.63. The zero-order chi connectivity index (χ0) is 17.8. The molecule has 0 spiro atoms. The Bertz CT molecular complexity index is 871. The molecule has 4 N–H and O–H groups in total. The monoisotopic (exact) mass is 359 g/mol. The molecule has 3 aromatic rings. The van der Waals surface area contributed by atoms with Gasteiger partial charge in [0.25, 0.3) is 5.91 Å². The molecule has 25 heavy (non-hydrogen) atoms. The molecule has 0 bridgehead atoms. The predicted molar refractivity (Wildman–Crippen MR) is 90.1 cm³/mol. The van der Waals surface area contributed by atoms with Crippen molar-refractivity contribution in [3.63, 3.8) is 0 Å². The van der Waals surface area contributed by atoms with Gasteiger partial charge in [0.05, 0.1) is 25.0 Å². The highest BCUT2D eigenvalue weighted by Crippen LogP contribution is 2.19. The standard InChI is InChI=1S/C15H14ClN7O2/c16-12-14(23-18-6-7-19-23)22-13(17)11(21-12)15(25)20-10(8-24)9-4-2-1-3-5-9/h1-7,10,24H,8H2,(H2,17,22)(H,20,25)/t10-/m1/s1. The molecule has 1 aromatic carbocycles. The van der Waals surface area contributed by atoms with E-state index in [1.165, 1.54) is 12.4 Å². The van der Waals surface area contributed by atoms with Crippen LogP contribution in [0, 0.1) is 0 Å². The first-order valence-corrected chi connectivity index (χ1v) is 7.64. The molecule has 1 amide bonds. The lowest BCUT2D eigenvalue weighted by Crippen LogP contribution is -2.32. The average Bonchev–Trinajstić information content (AvgIpc) is 3.16. The predicted octanol–water partition coefficient (Wildman–Crippen LogP) is 0.756. The van der Waals surface area contributed by atoms with E-state index in [-0.39, 0.29) is 29.1 Å². The number of aliphatic hydroxyl groups excluding tert-OH is 1. The zero-order valence-electron chi connectivity index (χ0n) is 12.9. The van der Waals surface area contributed by atoms with Crippen molar-refractivity contribution in [3.05, 3.63) is 59.1 Å². The Labute approximate surface area is 147 Å². The second-order valence-corrected chi connectivity index (χ2v) is 5.37. The Morgan fingerprint density at radius 3 is 2.56 bits per heavy atom. The molecule has 0 aliphatic heterocycles. The van der Waals surface area contributed by atoms with Crippen molar-refractivity contribution < 1.29 is 9.90 Å². The highest BCUT2D eigenvalue weighted by Gasteiger charge is 2.21. The van der Waals surface area contributed by atoms with Gasteiger partial charge in [-0.1, -0.05) is 41.9 Å². The third kappa shape index (κ3) is 3.57. The first-order chi connectivity index (χ1) is 12.1. The lowest BCUT2D eigenvalue weighted by molar-refractivity contribution is 0.0912. The van der Waals surface area contributed by atoms with E-state index in [0.29, 0.717) is 0 Å². The van der Waals surface area contributed by atoms with E-state index in [2.05, 4.69) is 25.5 Å². The van der Waals surface area contributed by atoms with Gasteiger partial charge < -0.3 is 16.2 Å². The molecule has 128 valence electrons. The van der Waals surface area contributed by atoms with Gasteiger partial charge in [0.1, 0.15) is 0 Å². The van der Waals surface area contributed by atoms with E-state index in [4.69, 9.17) is 17.3 Å². The van der Waals surface area contributed by atoms with E-state index in [9.17, 15) is 9.90 Å². The van der Waals surface area contributed by atoms with E-state index in [0.717, 1.165) is 10.4 Å². The normalized spacial score (nSPS) is 11.9. The van der Waals surface area contributed by atoms with Crippen LogP contribution in [0.2, 0.25) is 5.15 Å². The van der Waals surface area contributed by atoms with Crippen LogP contribution in [0.5, 0.6) is 0 Å². The number of carbonyl (C=O) groups excluding carboxylic acids is 1. The molecule has 0 saturated carbocycles. The van der Waals surface area contributed by atoms with Crippen LogP contribution < -0.4 is 11.1 Å². The maximum Gasteiger partial charge on any atom is 0.274 e. The third-order valence-electron chi connectivity index (χ3n) is 3.38. The van der Waals surface area contributed by atoms with E-state index >= 15 is 0 Å². The fourth-order valence-electron chi connectivity index (χ4n) is 2.18. The molecule has 3 rings (SSSR count). The van der Waals surface area contributed by atoms with Gasteiger partial charge in [0.15, 0.2) is 16.7 Å². The smallest absolute Gasteiger partial charge is 0.274 e. The average molecular weight is 360 g/mol. The Hall–Kier alpha value is -3.04. The lowest BCUT2D eigenvalue weighted by atomic mass is 10.1. The molecule has 0 radical (unpaired) electrons. The first kappa shape index (κ1) is 16.8. The summed E-state index contributed by atoms with van der Waals surface area (Å²) in [6.07, 6.45) is 2.89. The molecule has 0 aliphatic carbocycles. The molecular weight excluding hydrogens is 346 g/mol. The molecule has 0 saturated heterocycles. The number of aromatic nitrogens is 5. The van der Waals surface area contributed by atoms with Gasteiger partial charge in [-0.25, -0.2) is 9.97 Å². The molecule has 0 unspecified atom stereocenters. The Balaban J connectivity index is 1.86. The number of nitrogens with two attached hydrogens (primary N) is 1. The number of benzene rings is 1. The molecule has 9 nitrogen and oxygen atoms in total. The molecule has 0 fully saturated rings. The first-order valence-electron chi connectivity index (χ1n) is 7.26. The zero-order valence-corrected chi connectivity index (χ0v) is 13.6. The van der Waals surface area contributed by atoms with Crippen LogP contribution in [-0.4, -0.2) is 42.6 Å². The molecule has 2 heterocycles. The fourth-order valence-corrected chi connectivity index (χ4v) is 2.39. The summed E-state index contributed by atoms with van der Waals surface area (Å²) in [5.41, 5.74) is 6.43. The van der Waals surface area contributed by atoms with Crippen LogP contribution in [0.3, 0.4) is 0 Å². The van der Waals surface area contributed by atoms with Crippen molar-refractivity contribution in [2.45, 2.75) is 6.04 Å². The number of hydrogen-bond acceptors (Lipinski definition) is 7. The van der Waals surface area contributed by atoms with Crippen molar-refractivity contribution in [2.24, 2.45) is 0 Å². The second kappa shape index (κ2) is 7.24. The van der Waals surface area contributed by atoms with E-state index in [1.54, 1.807) is 24.3 Å². The van der Waals surface area contributed by atoms with Crippen LogP contribution in [0.25, 0.3) is 5.82 Å².